The molecular weight excluding hydrogens is 148 g/mol. The Balaban J connectivity index is 2.62. The van der Waals surface area contributed by atoms with E-state index in [1.54, 1.807) is 0 Å². The van der Waals surface area contributed by atoms with Crippen molar-refractivity contribution in [3.05, 3.63) is 0 Å². The number of hydrogen-bond acceptors (Lipinski definition) is 2. The molecule has 1 rings (SSSR count). The van der Waals surface area contributed by atoms with Crippen molar-refractivity contribution in [2.24, 2.45) is 5.92 Å². The predicted molar refractivity (Wildman–Crippen MR) is 47.9 cm³/mol. The maximum Gasteiger partial charge on any atom is 0.0243 e. The third-order valence-electron chi connectivity index (χ3n) is 2.22. The van der Waals surface area contributed by atoms with Gasteiger partial charge in [0, 0.05) is 10.00 Å². The van der Waals surface area contributed by atoms with E-state index in [1.807, 2.05) is 21.6 Å². The molecule has 0 aromatic carbocycles. The molecular formula is C7H14S2. The van der Waals surface area contributed by atoms with Crippen molar-refractivity contribution >= 4 is 21.6 Å². The van der Waals surface area contributed by atoms with Crippen LogP contribution in [0, 0.1) is 5.92 Å². The van der Waals surface area contributed by atoms with Gasteiger partial charge in [0.1, 0.15) is 0 Å². The first-order chi connectivity index (χ1) is 4.04. The second-order valence-corrected chi connectivity index (χ2v) is 6.51. The van der Waals surface area contributed by atoms with Crippen LogP contribution >= 0.6 is 21.6 Å². The molecule has 0 aromatic heterocycles. The van der Waals surface area contributed by atoms with Crippen molar-refractivity contribution < 1.29 is 0 Å². The van der Waals surface area contributed by atoms with E-state index < -0.39 is 0 Å². The lowest BCUT2D eigenvalue weighted by Gasteiger charge is -2.22. The minimum atomic E-state index is 0.504. The Labute approximate surface area is 65.6 Å². The average molecular weight is 162 g/mol. The van der Waals surface area contributed by atoms with Gasteiger partial charge in [-0.15, -0.1) is 0 Å². The van der Waals surface area contributed by atoms with E-state index >= 15 is 0 Å². The Hall–Kier alpha value is 0.700. The molecule has 1 fully saturated rings. The van der Waals surface area contributed by atoms with Crippen LogP contribution in [0.1, 0.15) is 27.7 Å². The first-order valence-corrected chi connectivity index (χ1v) is 5.60. The van der Waals surface area contributed by atoms with E-state index in [0.29, 0.717) is 4.75 Å². The van der Waals surface area contributed by atoms with Crippen LogP contribution in [0.3, 0.4) is 0 Å². The molecule has 2 unspecified atom stereocenters. The van der Waals surface area contributed by atoms with Gasteiger partial charge in [0.2, 0.25) is 0 Å². The quantitative estimate of drug-likeness (QED) is 0.502. The molecule has 2 atom stereocenters. The summed E-state index contributed by atoms with van der Waals surface area (Å²) >= 11 is 0. The second-order valence-electron chi connectivity index (χ2n) is 3.28. The molecule has 54 valence electrons. The summed E-state index contributed by atoms with van der Waals surface area (Å²) in [5.41, 5.74) is 0. The van der Waals surface area contributed by atoms with Crippen LogP contribution in [0.25, 0.3) is 0 Å². The second kappa shape index (κ2) is 2.39. The van der Waals surface area contributed by atoms with Gasteiger partial charge in [-0.25, -0.2) is 0 Å². The van der Waals surface area contributed by atoms with E-state index in [0.717, 1.165) is 11.2 Å². The van der Waals surface area contributed by atoms with Gasteiger partial charge in [-0.3, -0.25) is 0 Å². The SMILES string of the molecule is CC1SSC(C)(C)C1C. The summed E-state index contributed by atoms with van der Waals surface area (Å²) in [6, 6.07) is 0. The first kappa shape index (κ1) is 7.80. The van der Waals surface area contributed by atoms with Crippen molar-refractivity contribution in [2.45, 2.75) is 37.7 Å². The highest BCUT2D eigenvalue weighted by atomic mass is 33.1. The molecule has 0 amide bonds. The van der Waals surface area contributed by atoms with Crippen molar-refractivity contribution in [1.29, 1.82) is 0 Å². The van der Waals surface area contributed by atoms with E-state index in [2.05, 4.69) is 27.7 Å². The number of hydrogen-bond donors (Lipinski definition) is 0. The van der Waals surface area contributed by atoms with E-state index in [4.69, 9.17) is 0 Å². The van der Waals surface area contributed by atoms with Crippen LogP contribution in [0.5, 0.6) is 0 Å². The zero-order valence-electron chi connectivity index (χ0n) is 6.47. The highest BCUT2D eigenvalue weighted by Crippen LogP contribution is 2.53. The minimum absolute atomic E-state index is 0.504. The van der Waals surface area contributed by atoms with Gasteiger partial charge < -0.3 is 0 Å². The molecule has 0 aromatic rings. The Morgan fingerprint density at radius 3 is 1.89 bits per heavy atom. The van der Waals surface area contributed by atoms with Gasteiger partial charge in [-0.05, 0) is 19.8 Å². The highest BCUT2D eigenvalue weighted by Gasteiger charge is 2.37. The van der Waals surface area contributed by atoms with Crippen LogP contribution in [0.15, 0.2) is 0 Å². The zero-order chi connectivity index (χ0) is 7.07. The lowest BCUT2D eigenvalue weighted by Crippen LogP contribution is -2.24. The van der Waals surface area contributed by atoms with Gasteiger partial charge in [-0.2, -0.15) is 0 Å². The summed E-state index contributed by atoms with van der Waals surface area (Å²) in [7, 11) is 4.06. The van der Waals surface area contributed by atoms with Gasteiger partial charge >= 0.3 is 0 Å². The maximum atomic E-state index is 2.34. The fraction of sp³-hybridized carbons (Fsp3) is 1.00. The molecule has 0 spiro atoms. The molecule has 1 saturated heterocycles. The van der Waals surface area contributed by atoms with Crippen LogP contribution in [-0.2, 0) is 0 Å². The highest BCUT2D eigenvalue weighted by molar-refractivity contribution is 8.77. The zero-order valence-corrected chi connectivity index (χ0v) is 8.10. The third kappa shape index (κ3) is 1.40. The van der Waals surface area contributed by atoms with E-state index in [9.17, 15) is 0 Å². The van der Waals surface area contributed by atoms with Crippen LogP contribution < -0.4 is 0 Å². The molecule has 2 heteroatoms. The lowest BCUT2D eigenvalue weighted by molar-refractivity contribution is 0.470. The van der Waals surface area contributed by atoms with Gasteiger partial charge in [0.25, 0.3) is 0 Å². The number of rotatable bonds is 0. The fourth-order valence-corrected chi connectivity index (χ4v) is 4.43. The molecule has 1 heterocycles. The third-order valence-corrected chi connectivity index (χ3v) is 6.31. The normalized spacial score (nSPS) is 41.3. The topological polar surface area (TPSA) is 0 Å². The molecule has 0 bridgehead atoms. The molecule has 0 N–H and O–H groups in total. The van der Waals surface area contributed by atoms with Gasteiger partial charge in [-0.1, -0.05) is 35.4 Å². The molecule has 0 radical (unpaired) electrons. The summed E-state index contributed by atoms with van der Waals surface area (Å²) in [6.07, 6.45) is 0. The van der Waals surface area contributed by atoms with E-state index in [-0.39, 0.29) is 0 Å². The monoisotopic (exact) mass is 162 g/mol. The standard InChI is InChI=1S/C7H14S2/c1-5-6(2)8-9-7(5,3)4/h5-6H,1-4H3. The first-order valence-electron chi connectivity index (χ1n) is 3.38. The maximum absolute atomic E-state index is 2.34. The van der Waals surface area contributed by atoms with Gasteiger partial charge in [0.05, 0.1) is 0 Å². The van der Waals surface area contributed by atoms with E-state index in [1.165, 1.54) is 0 Å². The molecule has 0 nitrogen and oxygen atoms in total. The summed E-state index contributed by atoms with van der Waals surface area (Å²) in [5.74, 6) is 0.854. The summed E-state index contributed by atoms with van der Waals surface area (Å²) in [5, 5.41) is 0.838. The van der Waals surface area contributed by atoms with Crippen molar-refractivity contribution in [2.75, 3.05) is 0 Å². The van der Waals surface area contributed by atoms with Crippen LogP contribution in [-0.4, -0.2) is 10.00 Å². The molecule has 1 aliphatic heterocycles. The Morgan fingerprint density at radius 1 is 1.22 bits per heavy atom. The Morgan fingerprint density at radius 2 is 1.78 bits per heavy atom. The predicted octanol–water partition coefficient (Wildman–Crippen LogP) is 3.18. The van der Waals surface area contributed by atoms with Crippen molar-refractivity contribution in [3.8, 4) is 0 Å². The van der Waals surface area contributed by atoms with Crippen molar-refractivity contribution in [3.63, 3.8) is 0 Å². The average Bonchev–Trinajstić information content (AvgIpc) is 1.97. The molecule has 9 heavy (non-hydrogen) atoms. The summed E-state index contributed by atoms with van der Waals surface area (Å²) in [4.78, 5) is 0. The molecule has 0 saturated carbocycles. The fourth-order valence-electron chi connectivity index (χ4n) is 0.924. The van der Waals surface area contributed by atoms with Crippen molar-refractivity contribution in [1.82, 2.24) is 0 Å². The smallest absolute Gasteiger partial charge is 0.0243 e. The minimum Gasteiger partial charge on any atom is -0.0901 e. The lowest BCUT2D eigenvalue weighted by atomic mass is 9.94. The largest absolute Gasteiger partial charge is 0.0901 e. The molecule has 0 aliphatic carbocycles. The van der Waals surface area contributed by atoms with Gasteiger partial charge in [0.15, 0.2) is 0 Å². The summed E-state index contributed by atoms with van der Waals surface area (Å²) in [6.45, 7) is 9.33. The Bertz CT molecular complexity index is 109. The summed E-state index contributed by atoms with van der Waals surface area (Å²) < 4.78 is 0.504. The van der Waals surface area contributed by atoms with Crippen LogP contribution in [0.4, 0.5) is 0 Å². The van der Waals surface area contributed by atoms with Crippen LogP contribution in [0.2, 0.25) is 0 Å². The Kier molecular flexibility index (Phi) is 2.07. The molecule has 1 aliphatic rings.